The fourth-order valence-electron chi connectivity index (χ4n) is 4.22. The van der Waals surface area contributed by atoms with Gasteiger partial charge in [0.25, 0.3) is 0 Å². The number of piperidine rings is 1. The van der Waals surface area contributed by atoms with E-state index in [1.54, 1.807) is 7.11 Å². The molecule has 4 heteroatoms. The molecular weight excluding hydrogens is 254 g/mol. The maximum Gasteiger partial charge on any atom is 0.175 e. The molecule has 0 unspecified atom stereocenters. The number of ketones is 1. The molecule has 0 N–H and O–H groups in total. The highest BCUT2D eigenvalue weighted by atomic mass is 16.5. The Morgan fingerprint density at radius 1 is 1.45 bits per heavy atom. The predicted octanol–water partition coefficient (Wildman–Crippen LogP) is 1.76. The Hall–Kier alpha value is -1.55. The number of hydrogen-bond donors (Lipinski definition) is 0. The summed E-state index contributed by atoms with van der Waals surface area (Å²) in [5.41, 5.74) is 1.05. The summed E-state index contributed by atoms with van der Waals surface area (Å²) < 4.78 is 11.5. The van der Waals surface area contributed by atoms with Crippen molar-refractivity contribution in [3.8, 4) is 11.5 Å². The van der Waals surface area contributed by atoms with Gasteiger partial charge >= 0.3 is 0 Å². The molecule has 3 aliphatic rings. The SMILES string of the molecule is COc1cccc2c1O[C@H]1C(=O)C[C@H]3C[C@@]21CCN3C. The van der Waals surface area contributed by atoms with E-state index in [1.165, 1.54) is 5.56 Å². The lowest BCUT2D eigenvalue weighted by Gasteiger charge is -2.48. The average Bonchev–Trinajstić information content (AvgIpc) is 2.78. The fraction of sp³-hybridized carbons (Fsp3) is 0.562. The average molecular weight is 273 g/mol. The zero-order chi connectivity index (χ0) is 13.9. The Bertz CT molecular complexity index is 585. The first kappa shape index (κ1) is 12.2. The molecule has 2 fully saturated rings. The number of para-hydroxylation sites is 1. The number of Topliss-reactive ketones (excluding diaryl/α,β-unsaturated/α-hetero) is 1. The van der Waals surface area contributed by atoms with Crippen LogP contribution >= 0.6 is 0 Å². The van der Waals surface area contributed by atoms with Gasteiger partial charge in [-0.25, -0.2) is 0 Å². The van der Waals surface area contributed by atoms with Crippen molar-refractivity contribution in [2.75, 3.05) is 20.7 Å². The second-order valence-electron chi connectivity index (χ2n) is 6.25. The van der Waals surface area contributed by atoms with Crippen LogP contribution in [0, 0.1) is 0 Å². The standard InChI is InChI=1S/C16H19NO3/c1-17-7-6-16-9-10(17)8-12(18)15(16)20-14-11(16)4-3-5-13(14)19-2/h3-5,10,15H,6-9H2,1-2H3/t10-,15-,16-/m0/s1. The first-order valence-corrected chi connectivity index (χ1v) is 7.23. The first-order chi connectivity index (χ1) is 9.65. The van der Waals surface area contributed by atoms with Gasteiger partial charge in [-0.15, -0.1) is 0 Å². The van der Waals surface area contributed by atoms with E-state index < -0.39 is 0 Å². The molecule has 1 aromatic rings. The van der Waals surface area contributed by atoms with Gasteiger partial charge in [-0.05, 0) is 32.5 Å². The molecule has 1 saturated heterocycles. The monoisotopic (exact) mass is 273 g/mol. The zero-order valence-electron chi connectivity index (χ0n) is 11.9. The Labute approximate surface area is 118 Å². The van der Waals surface area contributed by atoms with Crippen LogP contribution in [0.4, 0.5) is 0 Å². The molecule has 1 spiro atoms. The molecule has 3 atom stereocenters. The number of benzene rings is 1. The van der Waals surface area contributed by atoms with E-state index in [1.807, 2.05) is 12.1 Å². The lowest BCUT2D eigenvalue weighted by Crippen LogP contribution is -2.59. The predicted molar refractivity (Wildman–Crippen MR) is 74.4 cm³/mol. The molecule has 4 nitrogen and oxygen atoms in total. The Morgan fingerprint density at radius 3 is 3.10 bits per heavy atom. The van der Waals surface area contributed by atoms with E-state index in [0.29, 0.717) is 12.5 Å². The lowest BCUT2D eigenvalue weighted by molar-refractivity contribution is -0.135. The van der Waals surface area contributed by atoms with Crippen molar-refractivity contribution in [2.24, 2.45) is 0 Å². The topological polar surface area (TPSA) is 38.8 Å². The summed E-state index contributed by atoms with van der Waals surface area (Å²) in [5, 5.41) is 0. The number of nitrogens with zero attached hydrogens (tertiary/aromatic N) is 1. The number of carbonyl (C=O) groups excluding carboxylic acids is 1. The van der Waals surface area contributed by atoms with Gasteiger partial charge in [-0.1, -0.05) is 12.1 Å². The molecule has 2 bridgehead atoms. The minimum atomic E-state index is -0.307. The molecule has 1 aromatic carbocycles. The maximum absolute atomic E-state index is 12.5. The van der Waals surface area contributed by atoms with Crippen molar-refractivity contribution in [3.63, 3.8) is 0 Å². The van der Waals surface area contributed by atoms with Crippen LogP contribution < -0.4 is 9.47 Å². The summed E-state index contributed by atoms with van der Waals surface area (Å²) in [6.45, 7) is 1.02. The zero-order valence-corrected chi connectivity index (χ0v) is 11.9. The fourth-order valence-corrected chi connectivity index (χ4v) is 4.22. The Morgan fingerprint density at radius 2 is 2.30 bits per heavy atom. The van der Waals surface area contributed by atoms with Crippen molar-refractivity contribution in [1.29, 1.82) is 0 Å². The van der Waals surface area contributed by atoms with Gasteiger partial charge in [0.05, 0.1) is 7.11 Å². The van der Waals surface area contributed by atoms with Crippen LogP contribution in [-0.2, 0) is 10.2 Å². The summed E-state index contributed by atoms with van der Waals surface area (Å²) in [5.74, 6) is 1.78. The van der Waals surface area contributed by atoms with Gasteiger partial charge in [0.15, 0.2) is 23.4 Å². The number of methoxy groups -OCH3 is 1. The number of rotatable bonds is 1. The molecule has 1 aliphatic carbocycles. The highest BCUT2D eigenvalue weighted by molar-refractivity contribution is 5.89. The van der Waals surface area contributed by atoms with Gasteiger partial charge in [0.2, 0.25) is 0 Å². The molecule has 2 aliphatic heterocycles. The third-order valence-electron chi connectivity index (χ3n) is 5.34. The van der Waals surface area contributed by atoms with E-state index >= 15 is 0 Å². The van der Waals surface area contributed by atoms with Crippen LogP contribution in [0.1, 0.15) is 24.8 Å². The van der Waals surface area contributed by atoms with E-state index in [0.717, 1.165) is 30.9 Å². The van der Waals surface area contributed by atoms with Gasteiger partial charge < -0.3 is 14.4 Å². The minimum absolute atomic E-state index is 0.129. The number of ether oxygens (including phenoxy) is 2. The lowest BCUT2D eigenvalue weighted by atomic mass is 9.62. The molecule has 1 saturated carbocycles. The van der Waals surface area contributed by atoms with Crippen molar-refractivity contribution in [3.05, 3.63) is 23.8 Å². The van der Waals surface area contributed by atoms with Crippen LogP contribution in [0.3, 0.4) is 0 Å². The minimum Gasteiger partial charge on any atom is -0.493 e. The van der Waals surface area contributed by atoms with Crippen LogP contribution in [0.15, 0.2) is 18.2 Å². The van der Waals surface area contributed by atoms with Crippen molar-refractivity contribution in [1.82, 2.24) is 4.90 Å². The smallest absolute Gasteiger partial charge is 0.175 e. The molecule has 0 aromatic heterocycles. The number of carbonyl (C=O) groups is 1. The van der Waals surface area contributed by atoms with Crippen molar-refractivity contribution >= 4 is 5.78 Å². The van der Waals surface area contributed by atoms with Crippen molar-refractivity contribution < 1.29 is 14.3 Å². The third-order valence-corrected chi connectivity index (χ3v) is 5.34. The van der Waals surface area contributed by atoms with Gasteiger partial charge in [-0.2, -0.15) is 0 Å². The van der Waals surface area contributed by atoms with E-state index in [9.17, 15) is 4.79 Å². The molecule has 0 amide bonds. The number of fused-ring (bicyclic) bond motifs is 2. The Balaban J connectivity index is 1.87. The first-order valence-electron chi connectivity index (χ1n) is 7.23. The van der Waals surface area contributed by atoms with E-state index in [4.69, 9.17) is 9.47 Å². The molecule has 0 radical (unpaired) electrons. The van der Waals surface area contributed by atoms with Gasteiger partial charge in [0.1, 0.15) is 0 Å². The third kappa shape index (κ3) is 1.37. The normalized spacial score (nSPS) is 35.2. The van der Waals surface area contributed by atoms with Crippen LogP contribution in [0.5, 0.6) is 11.5 Å². The summed E-state index contributed by atoms with van der Waals surface area (Å²) in [6.07, 6.45) is 2.30. The van der Waals surface area contributed by atoms with Crippen molar-refractivity contribution in [2.45, 2.75) is 36.8 Å². The van der Waals surface area contributed by atoms with Crippen LogP contribution in [-0.4, -0.2) is 43.5 Å². The van der Waals surface area contributed by atoms with Crippen LogP contribution in [0.2, 0.25) is 0 Å². The summed E-state index contributed by atoms with van der Waals surface area (Å²) >= 11 is 0. The molecule has 2 heterocycles. The largest absolute Gasteiger partial charge is 0.493 e. The van der Waals surface area contributed by atoms with Gasteiger partial charge in [-0.3, -0.25) is 4.79 Å². The highest BCUT2D eigenvalue weighted by Crippen LogP contribution is 2.56. The summed E-state index contributed by atoms with van der Waals surface area (Å²) in [7, 11) is 3.77. The molecular formula is C16H19NO3. The number of hydrogen-bond acceptors (Lipinski definition) is 4. The second-order valence-corrected chi connectivity index (χ2v) is 6.25. The number of likely N-dealkylation sites (tertiary alicyclic amines) is 1. The van der Waals surface area contributed by atoms with E-state index in [-0.39, 0.29) is 17.3 Å². The maximum atomic E-state index is 12.5. The summed E-state index contributed by atoms with van der Waals surface area (Å²) in [4.78, 5) is 14.8. The molecule has 4 rings (SSSR count). The molecule has 20 heavy (non-hydrogen) atoms. The molecule has 106 valence electrons. The second kappa shape index (κ2) is 3.98. The summed E-state index contributed by atoms with van der Waals surface area (Å²) in [6, 6.07) is 6.38. The van der Waals surface area contributed by atoms with Gasteiger partial charge in [0, 0.05) is 23.4 Å². The quantitative estimate of drug-likeness (QED) is 0.781. The highest BCUT2D eigenvalue weighted by Gasteiger charge is 2.59. The van der Waals surface area contributed by atoms with Crippen LogP contribution in [0.25, 0.3) is 0 Å². The Kier molecular flexibility index (Phi) is 2.43. The van der Waals surface area contributed by atoms with E-state index in [2.05, 4.69) is 18.0 Å².